The predicted octanol–water partition coefficient (Wildman–Crippen LogP) is -0.248. The van der Waals surface area contributed by atoms with E-state index in [-0.39, 0.29) is 12.3 Å². The van der Waals surface area contributed by atoms with Gasteiger partial charge in [0.2, 0.25) is 0 Å². The molecule has 1 aliphatic heterocycles. The van der Waals surface area contributed by atoms with Crippen molar-refractivity contribution in [2.75, 3.05) is 0 Å². The number of nitro groups is 1. The first-order chi connectivity index (χ1) is 10.1. The lowest BCUT2D eigenvalue weighted by atomic mass is 10.2. The molecule has 1 aromatic heterocycles. The number of hydrogen-bond acceptors (Lipinski definition) is 5. The van der Waals surface area contributed by atoms with E-state index in [9.17, 15) is 19.7 Å². The van der Waals surface area contributed by atoms with Crippen LogP contribution in [0.15, 0.2) is 33.9 Å². The normalized spacial score (nSPS) is 13.1. The van der Waals surface area contributed by atoms with Crippen LogP contribution in [0.2, 0.25) is 0 Å². The molecular weight excluding hydrogens is 280 g/mol. The summed E-state index contributed by atoms with van der Waals surface area (Å²) in [5, 5.41) is 10.5. The molecule has 3 rings (SSSR count). The fourth-order valence-electron chi connectivity index (χ4n) is 2.26. The Morgan fingerprint density at radius 3 is 2.19 bits per heavy atom. The summed E-state index contributed by atoms with van der Waals surface area (Å²) < 4.78 is 3.41. The van der Waals surface area contributed by atoms with Crippen LogP contribution in [0.5, 0.6) is 0 Å². The zero-order chi connectivity index (χ0) is 15.0. The Kier molecular flexibility index (Phi) is 3.09. The summed E-state index contributed by atoms with van der Waals surface area (Å²) in [5.74, 6) is 0. The lowest BCUT2D eigenvalue weighted by Gasteiger charge is -2.03. The zero-order valence-electron chi connectivity index (χ0n) is 11.0. The monoisotopic (exact) mass is 292 g/mol. The number of benzene rings is 1. The molecule has 2 aromatic rings. The second-order valence-corrected chi connectivity index (χ2v) is 4.66. The van der Waals surface area contributed by atoms with Crippen molar-refractivity contribution in [3.05, 3.63) is 60.9 Å². The summed E-state index contributed by atoms with van der Waals surface area (Å²) in [6.07, 6.45) is 0.758. The predicted molar refractivity (Wildman–Crippen MR) is 70.9 cm³/mol. The average Bonchev–Trinajstić information content (AvgIpc) is 3.03. The molecule has 9 nitrogen and oxygen atoms in total. The van der Waals surface area contributed by atoms with E-state index >= 15 is 0 Å². The maximum atomic E-state index is 11.9. The van der Waals surface area contributed by atoms with Crippen molar-refractivity contribution in [3.8, 4) is 0 Å². The number of fused-ring (bicyclic) bond motifs is 1. The molecule has 110 valence electrons. The minimum atomic E-state index is -0.501. The van der Waals surface area contributed by atoms with Gasteiger partial charge >= 0.3 is 11.4 Å². The molecular formula is C12H12N4O5. The third-order valence-corrected chi connectivity index (χ3v) is 3.33. The third-order valence-electron chi connectivity index (χ3n) is 3.33. The van der Waals surface area contributed by atoms with E-state index in [0.29, 0.717) is 18.7 Å². The van der Waals surface area contributed by atoms with Gasteiger partial charge < -0.3 is 4.84 Å². The van der Waals surface area contributed by atoms with Crippen LogP contribution in [-0.2, 0) is 19.7 Å². The molecule has 0 atom stereocenters. The van der Waals surface area contributed by atoms with E-state index in [1.54, 1.807) is 0 Å². The molecule has 0 saturated carbocycles. The van der Waals surface area contributed by atoms with E-state index in [4.69, 9.17) is 4.84 Å². The minimum absolute atomic E-state index is 0.0167. The number of aromatic nitrogens is 3. The molecule has 0 saturated heterocycles. The fourth-order valence-corrected chi connectivity index (χ4v) is 2.26. The van der Waals surface area contributed by atoms with Gasteiger partial charge in [-0.2, -0.15) is 0 Å². The van der Waals surface area contributed by atoms with Gasteiger partial charge in [-0.15, -0.1) is 0 Å². The topological polar surface area (TPSA) is 101 Å². The van der Waals surface area contributed by atoms with Gasteiger partial charge in [0, 0.05) is 25.2 Å². The van der Waals surface area contributed by atoms with E-state index in [2.05, 4.69) is 0 Å². The van der Waals surface area contributed by atoms with Gasteiger partial charge in [-0.25, -0.2) is 19.0 Å². The fraction of sp³-hybridized carbons (Fsp3) is 0.333. The highest BCUT2D eigenvalue weighted by Crippen LogP contribution is 2.11. The van der Waals surface area contributed by atoms with Crippen molar-refractivity contribution < 1.29 is 9.76 Å². The van der Waals surface area contributed by atoms with Crippen LogP contribution in [0, 0.1) is 10.1 Å². The number of non-ortho nitro benzene ring substituents is 1. The highest BCUT2D eigenvalue weighted by Gasteiger charge is 2.20. The minimum Gasteiger partial charge on any atom is -0.400 e. The molecule has 0 aliphatic carbocycles. The highest BCUT2D eigenvalue weighted by molar-refractivity contribution is 5.32. The molecule has 1 aromatic carbocycles. The zero-order valence-corrected chi connectivity index (χ0v) is 11.0. The molecule has 0 bridgehead atoms. The van der Waals surface area contributed by atoms with Gasteiger partial charge in [0.05, 0.1) is 4.92 Å². The molecule has 0 amide bonds. The van der Waals surface area contributed by atoms with Crippen molar-refractivity contribution >= 4 is 5.69 Å². The first-order valence-electron chi connectivity index (χ1n) is 6.37. The van der Waals surface area contributed by atoms with E-state index < -0.39 is 16.3 Å². The summed E-state index contributed by atoms with van der Waals surface area (Å²) in [6, 6.07) is 5.72. The van der Waals surface area contributed by atoms with Crippen LogP contribution < -0.4 is 16.2 Å². The molecule has 0 radical (unpaired) electrons. The van der Waals surface area contributed by atoms with Gasteiger partial charge in [0.25, 0.3) is 5.69 Å². The lowest BCUT2D eigenvalue weighted by molar-refractivity contribution is -0.384. The van der Waals surface area contributed by atoms with Crippen molar-refractivity contribution in [1.29, 1.82) is 0 Å². The van der Waals surface area contributed by atoms with Gasteiger partial charge in [-0.05, 0) is 24.1 Å². The van der Waals surface area contributed by atoms with Crippen molar-refractivity contribution in [2.45, 2.75) is 26.1 Å². The van der Waals surface area contributed by atoms with Crippen LogP contribution in [0.3, 0.4) is 0 Å². The van der Waals surface area contributed by atoms with E-state index in [1.165, 1.54) is 33.6 Å². The number of hydrogen-bond donors (Lipinski definition) is 0. The Labute approximate surface area is 117 Å². The average molecular weight is 292 g/mol. The molecule has 2 heterocycles. The number of nitrogens with zero attached hydrogens (tertiary/aromatic N) is 4. The molecule has 1 aliphatic rings. The Morgan fingerprint density at radius 1 is 1.10 bits per heavy atom. The Bertz CT molecular complexity index is 763. The summed E-state index contributed by atoms with van der Waals surface area (Å²) >= 11 is 0. The van der Waals surface area contributed by atoms with Crippen molar-refractivity contribution in [3.63, 3.8) is 0 Å². The number of nitro benzene ring substituents is 1. The smallest absolute Gasteiger partial charge is 0.380 e. The molecule has 0 N–H and O–H groups in total. The first-order valence-corrected chi connectivity index (χ1v) is 6.37. The second kappa shape index (κ2) is 4.93. The Balaban J connectivity index is 1.78. The number of rotatable bonds is 4. The first kappa shape index (κ1) is 13.2. The van der Waals surface area contributed by atoms with Crippen molar-refractivity contribution in [2.24, 2.45) is 0 Å². The molecule has 21 heavy (non-hydrogen) atoms. The highest BCUT2D eigenvalue weighted by atomic mass is 16.7. The maximum absolute atomic E-state index is 11.9. The van der Waals surface area contributed by atoms with E-state index in [1.807, 2.05) is 0 Å². The van der Waals surface area contributed by atoms with Crippen LogP contribution in [-0.4, -0.2) is 19.0 Å². The standard InChI is InChI=1S/C12H12N4O5/c17-11-13-6-1-7-14(13)12(18)15(11)21-8-9-2-4-10(5-3-9)16(19)20/h2-5H,1,6-8H2. The van der Waals surface area contributed by atoms with Crippen LogP contribution in [0.1, 0.15) is 12.0 Å². The van der Waals surface area contributed by atoms with Gasteiger partial charge in [0.1, 0.15) is 6.61 Å². The largest absolute Gasteiger partial charge is 0.400 e. The summed E-state index contributed by atoms with van der Waals surface area (Å²) in [4.78, 5) is 39.1. The van der Waals surface area contributed by atoms with E-state index in [0.717, 1.165) is 11.2 Å². The molecule has 9 heteroatoms. The second-order valence-electron chi connectivity index (χ2n) is 4.66. The summed E-state index contributed by atoms with van der Waals surface area (Å²) in [5.41, 5.74) is -0.402. The van der Waals surface area contributed by atoms with Crippen LogP contribution >= 0.6 is 0 Å². The van der Waals surface area contributed by atoms with Crippen LogP contribution in [0.25, 0.3) is 0 Å². The third kappa shape index (κ3) is 2.22. The molecule has 0 spiro atoms. The Hall–Kier alpha value is -2.84. The van der Waals surface area contributed by atoms with Gasteiger partial charge in [0.15, 0.2) is 0 Å². The van der Waals surface area contributed by atoms with Gasteiger partial charge in [-0.1, -0.05) is 4.73 Å². The van der Waals surface area contributed by atoms with Gasteiger partial charge in [-0.3, -0.25) is 10.1 Å². The lowest BCUT2D eigenvalue weighted by Crippen LogP contribution is -2.35. The molecule has 0 fully saturated rings. The SMILES string of the molecule is O=c1n(OCc2ccc([N+](=O)[O-])cc2)c(=O)n2n1CCC2. The summed E-state index contributed by atoms with van der Waals surface area (Å²) in [6.45, 7) is 0.987. The maximum Gasteiger partial charge on any atom is 0.380 e. The van der Waals surface area contributed by atoms with Crippen molar-refractivity contribution in [1.82, 2.24) is 14.1 Å². The quantitative estimate of drug-likeness (QED) is 0.571. The Morgan fingerprint density at radius 2 is 1.67 bits per heavy atom. The summed E-state index contributed by atoms with van der Waals surface area (Å²) in [7, 11) is 0. The molecule has 0 unspecified atom stereocenters. The van der Waals surface area contributed by atoms with Crippen LogP contribution in [0.4, 0.5) is 5.69 Å².